The van der Waals surface area contributed by atoms with Crippen molar-refractivity contribution in [2.75, 3.05) is 52.9 Å². The summed E-state index contributed by atoms with van der Waals surface area (Å²) in [6.45, 7) is 18.9. The third kappa shape index (κ3) is 81.0. The fourth-order valence-corrected chi connectivity index (χ4v) is 8.73. The molecule has 0 amide bonds. The molecule has 0 radical (unpaired) electrons. The van der Waals surface area contributed by atoms with Crippen LogP contribution in [0.3, 0.4) is 0 Å². The molecule has 2 fully saturated rings. The molecule has 0 bridgehead atoms. The summed E-state index contributed by atoms with van der Waals surface area (Å²) in [5, 5.41) is 33.9. The smallest absolute Gasteiger partial charge is 0.305 e. The minimum Gasteiger partial charge on any atom is -0.466 e. The number of hydrogen-bond donors (Lipinski definition) is 4. The van der Waals surface area contributed by atoms with Crippen LogP contribution in [-0.2, 0) is 47.5 Å². The molecule has 3 unspecified atom stereocenters. The van der Waals surface area contributed by atoms with Gasteiger partial charge in [-0.05, 0) is 196 Å². The van der Waals surface area contributed by atoms with Crippen LogP contribution in [0.15, 0.2) is 182 Å². The number of aliphatic hydroxyl groups is 4. The highest BCUT2D eigenvalue weighted by molar-refractivity contribution is 5.70. The summed E-state index contributed by atoms with van der Waals surface area (Å²) in [5.41, 5.74) is 0. The first-order chi connectivity index (χ1) is 48.1. The zero-order chi connectivity index (χ0) is 73.5. The van der Waals surface area contributed by atoms with Crippen LogP contribution >= 0.6 is 0 Å². The Morgan fingerprint density at radius 1 is 0.374 bits per heavy atom. The topological polar surface area (TPSA) is 197 Å². The predicted molar refractivity (Wildman–Crippen MR) is 414 cm³/mol. The van der Waals surface area contributed by atoms with E-state index in [1.807, 2.05) is 34.6 Å². The van der Waals surface area contributed by atoms with Gasteiger partial charge in [-0.3, -0.25) is 14.4 Å². The number of unbranched alkanes of at least 4 members (excludes halogenated alkanes) is 9. The lowest BCUT2D eigenvalue weighted by atomic mass is 10.1. The molecule has 0 aromatic carbocycles. The number of carbonyl (C=O) groups is 3. The number of carbonyl (C=O) groups excluding carboxylic acids is 3. The fraction of sp³-hybridized carbons (Fsp3) is 0.612. The molecule has 3 atom stereocenters. The quantitative estimate of drug-likeness (QED) is 0.0194. The maximum absolute atomic E-state index is 11.8. The Kier molecular flexibility index (Phi) is 76.6. The minimum atomic E-state index is -0.978. The second-order valence-electron chi connectivity index (χ2n) is 24.3. The molecule has 2 aliphatic heterocycles. The van der Waals surface area contributed by atoms with Gasteiger partial charge in [0.1, 0.15) is 31.5 Å². The first-order valence-electron chi connectivity index (χ1n) is 37.5. The highest BCUT2D eigenvalue weighted by Crippen LogP contribution is 2.23. The molecule has 2 saturated heterocycles. The van der Waals surface area contributed by atoms with Gasteiger partial charge in [-0.2, -0.15) is 0 Å². The first kappa shape index (κ1) is 97.4. The number of rotatable bonds is 52. The lowest BCUT2D eigenvalue weighted by molar-refractivity contribution is -0.158. The summed E-state index contributed by atoms with van der Waals surface area (Å²) in [6, 6.07) is 0. The molecular formula is C85H140O14. The molecule has 2 heterocycles. The Bertz CT molecular complexity index is 2300. The monoisotopic (exact) mass is 1390 g/mol. The zero-order valence-corrected chi connectivity index (χ0v) is 63.3. The van der Waals surface area contributed by atoms with Gasteiger partial charge >= 0.3 is 17.9 Å². The van der Waals surface area contributed by atoms with Crippen LogP contribution < -0.4 is 0 Å². The van der Waals surface area contributed by atoms with E-state index in [1.54, 1.807) is 6.92 Å². The molecule has 564 valence electrons. The molecule has 0 aliphatic carbocycles. The van der Waals surface area contributed by atoms with Gasteiger partial charge in [-0.25, -0.2) is 0 Å². The van der Waals surface area contributed by atoms with Crippen molar-refractivity contribution in [1.82, 2.24) is 0 Å². The van der Waals surface area contributed by atoms with E-state index in [4.69, 9.17) is 53.6 Å². The zero-order valence-electron chi connectivity index (χ0n) is 63.3. The van der Waals surface area contributed by atoms with Crippen molar-refractivity contribution in [3.63, 3.8) is 0 Å². The van der Waals surface area contributed by atoms with Crippen LogP contribution in [0.1, 0.15) is 255 Å². The number of aliphatic hydroxyl groups excluding tert-OH is 4. The molecule has 14 heteroatoms. The molecule has 0 saturated carbocycles. The first-order valence-corrected chi connectivity index (χ1v) is 37.5. The number of ether oxygens (including phenoxy) is 7. The van der Waals surface area contributed by atoms with Crippen molar-refractivity contribution in [3.05, 3.63) is 182 Å². The van der Waals surface area contributed by atoms with E-state index in [2.05, 4.69) is 203 Å². The largest absolute Gasteiger partial charge is 0.466 e. The standard InChI is InChI=1S/C28H44O4.C25H40O4.C24H38O2.C6H12O3.C2H6O/c1-4-5-6-7-8-9-10-11-12-13-14-15-16-17-18-19-20-21-22-23-27(29)30-24-26-25-31-28(2,3)32-26;1-2-3-4-5-6-7-8-9-10-11-12-13-14-15-16-17-18-19-20-21-25(28)29-23-24(27)22-26;1-3-5-6-7-8-9-10-11-12-13-14-15-16-17-18-19-20-21-22-23-24(25)26-4-2;1-6(2)8-4-5(3-7)9-6;1-2-3/h5-6,8-9,11-12,14-15,17-18,26H,4,7,10,13,16,19-25H2,1-3H3;3-4,6-7,9-10,12-13,15-16,24,26-27H,2,5,8,11,14,17-23H2,1H3;5-6,8-9,11-12,14-15,17-18H,3-4,7,10,13,16,19-23H2,1-2H3;5,7H,3-4H2,1-2H3;3H,2H2,1H3/b6-5-,9-8-,12-11-,15-14-,18-17-;4-3-,7-6-,10-9-,13-12-,16-15-;6-5-,9-8-,12-11-,15-14-,18-17-;;. The fourth-order valence-electron chi connectivity index (χ4n) is 8.73. The Morgan fingerprint density at radius 3 is 0.879 bits per heavy atom. The van der Waals surface area contributed by atoms with Gasteiger partial charge < -0.3 is 53.6 Å². The van der Waals surface area contributed by atoms with Crippen LogP contribution in [0.2, 0.25) is 0 Å². The molecule has 2 rings (SSSR count). The molecular weight excluding hydrogens is 1240 g/mol. The van der Waals surface area contributed by atoms with E-state index in [1.165, 1.54) is 0 Å². The molecule has 4 N–H and O–H groups in total. The maximum atomic E-state index is 11.8. The van der Waals surface area contributed by atoms with Crippen LogP contribution in [-0.4, -0.2) is 121 Å². The normalized spacial score (nSPS) is 16.6. The van der Waals surface area contributed by atoms with Crippen LogP contribution in [0.25, 0.3) is 0 Å². The lowest BCUT2D eigenvalue weighted by Gasteiger charge is -2.16. The molecule has 2 aliphatic rings. The Hall–Kier alpha value is -5.81. The van der Waals surface area contributed by atoms with Gasteiger partial charge in [0.15, 0.2) is 11.6 Å². The lowest BCUT2D eigenvalue weighted by Crippen LogP contribution is -2.25. The summed E-state index contributed by atoms with van der Waals surface area (Å²) >= 11 is 0. The van der Waals surface area contributed by atoms with E-state index >= 15 is 0 Å². The Morgan fingerprint density at radius 2 is 0.636 bits per heavy atom. The second-order valence-corrected chi connectivity index (χ2v) is 24.3. The highest BCUT2D eigenvalue weighted by atomic mass is 16.8. The van der Waals surface area contributed by atoms with E-state index in [0.29, 0.717) is 39.1 Å². The Labute approximate surface area is 603 Å². The van der Waals surface area contributed by atoms with Gasteiger partial charge in [0.2, 0.25) is 0 Å². The van der Waals surface area contributed by atoms with Crippen molar-refractivity contribution < 1.29 is 68.0 Å². The van der Waals surface area contributed by atoms with E-state index in [-0.39, 0.29) is 63.2 Å². The Balaban J connectivity index is -0.00000129. The molecule has 14 nitrogen and oxygen atoms in total. The molecule has 99 heavy (non-hydrogen) atoms. The van der Waals surface area contributed by atoms with Crippen molar-refractivity contribution in [3.8, 4) is 0 Å². The summed E-state index contributed by atoms with van der Waals surface area (Å²) in [7, 11) is 0. The van der Waals surface area contributed by atoms with Crippen LogP contribution in [0.4, 0.5) is 0 Å². The van der Waals surface area contributed by atoms with Crippen molar-refractivity contribution in [2.45, 2.75) is 285 Å². The second kappa shape index (κ2) is 77.9. The molecule has 0 aromatic heterocycles. The van der Waals surface area contributed by atoms with Crippen molar-refractivity contribution in [1.29, 1.82) is 0 Å². The number of allylic oxidation sites excluding steroid dienone is 30. The SMILES string of the molecule is CC/C=C\C/C=C\C/C=C\C/C=C\C/C=C\CCCCCC(=O)OCC.CC/C=C\C/C=C\C/C=C\C/C=C\C/C=C\CCCCCC(=O)OCC(O)CO.CC/C=C\C/C=C\C/C=C\C/C=C\C/C=C\CCCCCC(=O)OCC1COC(C)(C)O1.CC1(C)OCC(CO)O1.CCO. The summed E-state index contributed by atoms with van der Waals surface area (Å²) in [6.07, 6.45) is 93.9. The van der Waals surface area contributed by atoms with Crippen molar-refractivity contribution >= 4 is 17.9 Å². The average molecular weight is 1390 g/mol. The van der Waals surface area contributed by atoms with E-state index < -0.39 is 17.7 Å². The van der Waals surface area contributed by atoms with Crippen LogP contribution in [0.5, 0.6) is 0 Å². The highest BCUT2D eigenvalue weighted by Gasteiger charge is 2.33. The average Bonchev–Trinajstić information content (AvgIpc) is 1.76. The summed E-state index contributed by atoms with van der Waals surface area (Å²) in [4.78, 5) is 34.4. The van der Waals surface area contributed by atoms with Crippen molar-refractivity contribution in [2.24, 2.45) is 0 Å². The van der Waals surface area contributed by atoms with E-state index in [0.717, 1.165) is 173 Å². The maximum Gasteiger partial charge on any atom is 0.305 e. The third-order valence-corrected chi connectivity index (χ3v) is 13.9. The summed E-state index contributed by atoms with van der Waals surface area (Å²) in [5.74, 6) is -1.59. The van der Waals surface area contributed by atoms with Gasteiger partial charge in [0, 0.05) is 25.9 Å². The minimum absolute atomic E-state index is 0.0451. The predicted octanol–water partition coefficient (Wildman–Crippen LogP) is 20.3. The van der Waals surface area contributed by atoms with Gasteiger partial charge in [0.05, 0.1) is 33.0 Å². The molecule has 0 spiro atoms. The number of hydrogen-bond acceptors (Lipinski definition) is 14. The van der Waals surface area contributed by atoms with E-state index in [9.17, 15) is 14.4 Å². The third-order valence-electron chi connectivity index (χ3n) is 13.9. The number of esters is 3. The van der Waals surface area contributed by atoms with Gasteiger partial charge in [-0.1, -0.05) is 222 Å². The van der Waals surface area contributed by atoms with Gasteiger partial charge in [-0.15, -0.1) is 0 Å². The molecule has 0 aromatic rings. The summed E-state index contributed by atoms with van der Waals surface area (Å²) < 4.78 is 36.5. The van der Waals surface area contributed by atoms with Gasteiger partial charge in [0.25, 0.3) is 0 Å². The van der Waals surface area contributed by atoms with Crippen LogP contribution in [0, 0.1) is 0 Å².